The van der Waals surface area contributed by atoms with E-state index in [-0.39, 0.29) is 5.97 Å². The second kappa shape index (κ2) is 8.08. The lowest BCUT2D eigenvalue weighted by molar-refractivity contribution is 0.0525. The Hall–Kier alpha value is -2.46. The van der Waals surface area contributed by atoms with Crippen LogP contribution in [0.15, 0.2) is 65.6 Å². The van der Waals surface area contributed by atoms with Crippen molar-refractivity contribution in [3.63, 3.8) is 0 Å². The quantitative estimate of drug-likeness (QED) is 0.444. The van der Waals surface area contributed by atoms with E-state index >= 15 is 0 Å². The van der Waals surface area contributed by atoms with Gasteiger partial charge in [-0.3, -0.25) is 0 Å². The molecule has 25 heavy (non-hydrogen) atoms. The molecular formula is C21H20O3S. The van der Waals surface area contributed by atoms with E-state index in [2.05, 4.69) is 18.2 Å². The van der Waals surface area contributed by atoms with Crippen molar-refractivity contribution < 1.29 is 14.3 Å². The first kappa shape index (κ1) is 17.4. The molecular weight excluding hydrogens is 332 g/mol. The summed E-state index contributed by atoms with van der Waals surface area (Å²) in [6.45, 7) is 2.18. The molecule has 0 spiro atoms. The SMILES string of the molecule is CCOC(=O)c1cc2cc(OC)ccc2cc1CSc1ccccc1. The lowest BCUT2D eigenvalue weighted by atomic mass is 10.0. The minimum atomic E-state index is -0.282. The van der Waals surface area contributed by atoms with Gasteiger partial charge in [-0.2, -0.15) is 0 Å². The molecule has 0 fully saturated rings. The van der Waals surface area contributed by atoms with Gasteiger partial charge in [-0.25, -0.2) is 4.79 Å². The highest BCUT2D eigenvalue weighted by Crippen LogP contribution is 2.29. The van der Waals surface area contributed by atoms with Crippen LogP contribution < -0.4 is 4.74 Å². The molecule has 3 aromatic carbocycles. The van der Waals surface area contributed by atoms with Crippen LogP contribution >= 0.6 is 11.8 Å². The first-order valence-corrected chi connectivity index (χ1v) is 9.15. The van der Waals surface area contributed by atoms with Crippen LogP contribution in [-0.2, 0) is 10.5 Å². The molecule has 0 heterocycles. The van der Waals surface area contributed by atoms with E-state index in [1.165, 1.54) is 4.90 Å². The van der Waals surface area contributed by atoms with Crippen LogP contribution in [0.2, 0.25) is 0 Å². The molecule has 0 aliphatic heterocycles. The molecule has 0 radical (unpaired) electrons. The van der Waals surface area contributed by atoms with Gasteiger partial charge in [-0.15, -0.1) is 11.8 Å². The van der Waals surface area contributed by atoms with Crippen molar-refractivity contribution in [1.29, 1.82) is 0 Å². The molecule has 3 aromatic rings. The van der Waals surface area contributed by atoms with E-state index in [1.54, 1.807) is 18.9 Å². The van der Waals surface area contributed by atoms with Gasteiger partial charge in [0.05, 0.1) is 19.3 Å². The summed E-state index contributed by atoms with van der Waals surface area (Å²) < 4.78 is 10.5. The number of methoxy groups -OCH3 is 1. The van der Waals surface area contributed by atoms with E-state index in [1.807, 2.05) is 49.4 Å². The maximum Gasteiger partial charge on any atom is 0.338 e. The topological polar surface area (TPSA) is 35.5 Å². The van der Waals surface area contributed by atoms with Crippen LogP contribution in [0.1, 0.15) is 22.8 Å². The van der Waals surface area contributed by atoms with Crippen molar-refractivity contribution in [3.8, 4) is 5.75 Å². The third-order valence-corrected chi connectivity index (χ3v) is 4.96. The first-order chi connectivity index (χ1) is 12.2. The number of fused-ring (bicyclic) bond motifs is 1. The molecule has 3 nitrogen and oxygen atoms in total. The molecule has 0 unspecified atom stereocenters. The Kier molecular flexibility index (Phi) is 5.61. The zero-order valence-corrected chi connectivity index (χ0v) is 15.1. The van der Waals surface area contributed by atoms with Crippen molar-refractivity contribution in [1.82, 2.24) is 0 Å². The maximum absolute atomic E-state index is 12.4. The lowest BCUT2D eigenvalue weighted by Crippen LogP contribution is -2.08. The Morgan fingerprint density at radius 3 is 2.52 bits per heavy atom. The molecule has 0 amide bonds. The summed E-state index contributed by atoms with van der Waals surface area (Å²) in [5.74, 6) is 1.20. The van der Waals surface area contributed by atoms with Crippen LogP contribution in [0.25, 0.3) is 10.8 Å². The Bertz CT molecular complexity index is 875. The van der Waals surface area contributed by atoms with E-state index in [9.17, 15) is 4.79 Å². The molecule has 0 aromatic heterocycles. The zero-order chi connectivity index (χ0) is 17.6. The van der Waals surface area contributed by atoms with Crippen LogP contribution in [-0.4, -0.2) is 19.7 Å². The normalized spacial score (nSPS) is 10.6. The van der Waals surface area contributed by atoms with Gasteiger partial charge in [0, 0.05) is 10.6 Å². The fourth-order valence-electron chi connectivity index (χ4n) is 2.65. The van der Waals surface area contributed by atoms with Crippen molar-refractivity contribution >= 4 is 28.5 Å². The fraction of sp³-hybridized carbons (Fsp3) is 0.190. The van der Waals surface area contributed by atoms with Gasteiger partial charge in [-0.05, 0) is 59.7 Å². The summed E-state index contributed by atoms with van der Waals surface area (Å²) in [4.78, 5) is 13.6. The summed E-state index contributed by atoms with van der Waals surface area (Å²) in [6.07, 6.45) is 0. The van der Waals surface area contributed by atoms with Crippen LogP contribution in [0.5, 0.6) is 5.75 Å². The Morgan fingerprint density at radius 1 is 1.00 bits per heavy atom. The number of benzene rings is 3. The number of esters is 1. The zero-order valence-electron chi connectivity index (χ0n) is 14.3. The second-order valence-corrected chi connectivity index (χ2v) is 6.59. The van der Waals surface area contributed by atoms with E-state index in [0.717, 1.165) is 22.1 Å². The van der Waals surface area contributed by atoms with Gasteiger partial charge in [0.25, 0.3) is 0 Å². The summed E-state index contributed by atoms with van der Waals surface area (Å²) in [7, 11) is 1.64. The molecule has 3 rings (SSSR count). The largest absolute Gasteiger partial charge is 0.497 e. The van der Waals surface area contributed by atoms with Crippen molar-refractivity contribution in [2.75, 3.05) is 13.7 Å². The van der Waals surface area contributed by atoms with Gasteiger partial charge in [0.15, 0.2) is 0 Å². The minimum Gasteiger partial charge on any atom is -0.497 e. The van der Waals surface area contributed by atoms with Crippen molar-refractivity contribution in [3.05, 3.63) is 71.8 Å². The Labute approximate surface area is 152 Å². The highest BCUT2D eigenvalue weighted by Gasteiger charge is 2.14. The smallest absolute Gasteiger partial charge is 0.338 e. The molecule has 0 bridgehead atoms. The van der Waals surface area contributed by atoms with Crippen molar-refractivity contribution in [2.24, 2.45) is 0 Å². The number of carbonyl (C=O) groups excluding carboxylic acids is 1. The Morgan fingerprint density at radius 2 is 1.80 bits per heavy atom. The van der Waals surface area contributed by atoms with Crippen molar-refractivity contribution in [2.45, 2.75) is 17.6 Å². The number of carbonyl (C=O) groups is 1. The fourth-order valence-corrected chi connectivity index (χ4v) is 3.56. The molecule has 0 aliphatic rings. The highest BCUT2D eigenvalue weighted by atomic mass is 32.2. The van der Waals surface area contributed by atoms with Gasteiger partial charge >= 0.3 is 5.97 Å². The lowest BCUT2D eigenvalue weighted by Gasteiger charge is -2.12. The number of hydrogen-bond donors (Lipinski definition) is 0. The minimum absolute atomic E-state index is 0.282. The summed E-state index contributed by atoms with van der Waals surface area (Å²) in [5, 5.41) is 2.05. The number of thioether (sulfide) groups is 1. The molecule has 0 saturated carbocycles. The summed E-state index contributed by atoms with van der Waals surface area (Å²) >= 11 is 1.71. The van der Waals surface area contributed by atoms with E-state index < -0.39 is 0 Å². The Balaban J connectivity index is 1.98. The van der Waals surface area contributed by atoms with E-state index in [4.69, 9.17) is 9.47 Å². The van der Waals surface area contributed by atoms with Crippen LogP contribution in [0, 0.1) is 0 Å². The molecule has 0 aliphatic carbocycles. The molecule has 0 saturated heterocycles. The average molecular weight is 352 g/mol. The predicted molar refractivity (Wildman–Crippen MR) is 102 cm³/mol. The molecule has 0 N–H and O–H groups in total. The van der Waals surface area contributed by atoms with Gasteiger partial charge in [-0.1, -0.05) is 24.3 Å². The third-order valence-electron chi connectivity index (χ3n) is 3.90. The second-order valence-electron chi connectivity index (χ2n) is 5.54. The van der Waals surface area contributed by atoms with Crippen LogP contribution in [0.4, 0.5) is 0 Å². The number of ether oxygens (including phenoxy) is 2. The average Bonchev–Trinajstić information content (AvgIpc) is 2.66. The standard InChI is InChI=1S/C21H20O3S/c1-3-24-21(22)20-13-16-12-18(23-2)10-9-15(16)11-17(20)14-25-19-7-5-4-6-8-19/h4-13H,3,14H2,1-2H3. The highest BCUT2D eigenvalue weighted by molar-refractivity contribution is 7.98. The van der Waals surface area contributed by atoms with Gasteiger partial charge in [0.2, 0.25) is 0 Å². The monoisotopic (exact) mass is 352 g/mol. The number of rotatable bonds is 6. The molecule has 0 atom stereocenters. The van der Waals surface area contributed by atoms with Gasteiger partial charge in [0.1, 0.15) is 5.75 Å². The first-order valence-electron chi connectivity index (χ1n) is 8.17. The van der Waals surface area contributed by atoms with Gasteiger partial charge < -0.3 is 9.47 Å². The molecule has 4 heteroatoms. The van der Waals surface area contributed by atoms with Crippen LogP contribution in [0.3, 0.4) is 0 Å². The summed E-state index contributed by atoms with van der Waals surface area (Å²) in [6, 6.07) is 20.0. The molecule has 128 valence electrons. The predicted octanol–water partition coefficient (Wildman–Crippen LogP) is 5.32. The number of hydrogen-bond acceptors (Lipinski definition) is 4. The third kappa shape index (κ3) is 4.15. The van der Waals surface area contributed by atoms with E-state index in [0.29, 0.717) is 17.9 Å². The maximum atomic E-state index is 12.4. The summed E-state index contributed by atoms with van der Waals surface area (Å²) in [5.41, 5.74) is 1.59.